The van der Waals surface area contributed by atoms with Crippen LogP contribution in [0, 0.1) is 0 Å². The van der Waals surface area contributed by atoms with Gasteiger partial charge in [-0.1, -0.05) is 29.5 Å². The number of hydrogen-bond acceptors (Lipinski definition) is 3. The molecule has 1 aliphatic heterocycles. The van der Waals surface area contributed by atoms with Gasteiger partial charge < -0.3 is 9.84 Å². The summed E-state index contributed by atoms with van der Waals surface area (Å²) in [5, 5.41) is 8.83. The lowest BCUT2D eigenvalue weighted by molar-refractivity contribution is -0.153. The number of hydrogen-bond donors (Lipinski definition) is 1. The molecular weight excluding hydrogens is 279 g/mol. The van der Waals surface area contributed by atoms with E-state index in [1.165, 1.54) is 11.8 Å². The topological polar surface area (TPSA) is 46.5 Å². The molecule has 1 fully saturated rings. The summed E-state index contributed by atoms with van der Waals surface area (Å²) in [5.41, 5.74) is 0. The highest BCUT2D eigenvalue weighted by Crippen LogP contribution is 2.41. The molecule has 1 aliphatic rings. The molecular formula is C6H9IO3S. The third-order valence-electron chi connectivity index (χ3n) is 1.56. The lowest BCUT2D eigenvalue weighted by Crippen LogP contribution is -2.34. The second-order valence-corrected chi connectivity index (χ2v) is 4.92. The summed E-state index contributed by atoms with van der Waals surface area (Å²) < 4.78 is 5.35. The standard InChI is InChI=1S/C6H9IO3S/c1-2-6(5(8)9)10-4(7)3-11-6/h4H,2-3H2,1H3,(H,8,9)/t4-,6-/m0/s1. The van der Waals surface area contributed by atoms with E-state index in [1.54, 1.807) is 0 Å². The molecule has 0 amide bonds. The van der Waals surface area contributed by atoms with Gasteiger partial charge in [0.1, 0.15) is 4.11 Å². The van der Waals surface area contributed by atoms with Crippen molar-refractivity contribution < 1.29 is 14.6 Å². The molecule has 1 heterocycles. The summed E-state index contributed by atoms with van der Waals surface area (Å²) in [7, 11) is 0. The van der Waals surface area contributed by atoms with E-state index >= 15 is 0 Å². The molecule has 2 atom stereocenters. The number of thioether (sulfide) groups is 1. The van der Waals surface area contributed by atoms with Crippen LogP contribution in [0.15, 0.2) is 0 Å². The zero-order valence-corrected chi connectivity index (χ0v) is 9.02. The van der Waals surface area contributed by atoms with Gasteiger partial charge in [-0.15, -0.1) is 11.8 Å². The fourth-order valence-corrected chi connectivity index (χ4v) is 3.05. The van der Waals surface area contributed by atoms with Crippen LogP contribution in [0.1, 0.15) is 13.3 Å². The predicted octanol–water partition coefficient (Wildman–Crippen LogP) is 1.70. The first-order valence-corrected chi connectivity index (χ1v) is 5.53. The van der Waals surface area contributed by atoms with Crippen molar-refractivity contribution in [1.29, 1.82) is 0 Å². The summed E-state index contributed by atoms with van der Waals surface area (Å²) in [5.74, 6) is -0.0927. The van der Waals surface area contributed by atoms with Crippen molar-refractivity contribution in [2.24, 2.45) is 0 Å². The van der Waals surface area contributed by atoms with Crippen LogP contribution < -0.4 is 0 Å². The molecule has 0 aromatic rings. The molecule has 3 nitrogen and oxygen atoms in total. The van der Waals surface area contributed by atoms with Crippen LogP contribution in [0.25, 0.3) is 0 Å². The third-order valence-corrected chi connectivity index (χ3v) is 4.34. The van der Waals surface area contributed by atoms with Gasteiger partial charge in [-0.05, 0) is 6.42 Å². The Hall–Kier alpha value is 0.510. The lowest BCUT2D eigenvalue weighted by atomic mass is 10.3. The minimum absolute atomic E-state index is 0.0358. The molecule has 0 aliphatic carbocycles. The van der Waals surface area contributed by atoms with Gasteiger partial charge in [0.2, 0.25) is 4.93 Å². The van der Waals surface area contributed by atoms with Gasteiger partial charge in [-0.2, -0.15) is 0 Å². The minimum atomic E-state index is -0.966. The first-order valence-electron chi connectivity index (χ1n) is 3.30. The molecule has 5 heteroatoms. The summed E-state index contributed by atoms with van der Waals surface area (Å²) in [6.07, 6.45) is 0.520. The van der Waals surface area contributed by atoms with Crippen LogP contribution in [-0.4, -0.2) is 25.9 Å². The molecule has 1 saturated heterocycles. The molecule has 0 unspecified atom stereocenters. The Balaban J connectivity index is 2.70. The maximum atomic E-state index is 10.8. The van der Waals surface area contributed by atoms with E-state index in [-0.39, 0.29) is 4.11 Å². The van der Waals surface area contributed by atoms with Crippen molar-refractivity contribution in [2.45, 2.75) is 22.4 Å². The smallest absolute Gasteiger partial charge is 0.346 e. The molecule has 0 spiro atoms. The summed E-state index contributed by atoms with van der Waals surface area (Å²) in [6.45, 7) is 1.83. The Morgan fingerprint density at radius 2 is 2.64 bits per heavy atom. The van der Waals surface area contributed by atoms with Crippen LogP contribution in [0.4, 0.5) is 0 Å². The average Bonchev–Trinajstić information content (AvgIpc) is 2.33. The Labute approximate surface area is 83.0 Å². The van der Waals surface area contributed by atoms with Crippen molar-refractivity contribution in [3.05, 3.63) is 0 Å². The first kappa shape index (κ1) is 9.60. The van der Waals surface area contributed by atoms with Crippen LogP contribution in [0.3, 0.4) is 0 Å². The quantitative estimate of drug-likeness (QED) is 0.620. The molecule has 1 rings (SSSR count). The highest BCUT2D eigenvalue weighted by molar-refractivity contribution is 14.1. The Bertz CT molecular complexity index is 175. The van der Waals surface area contributed by atoms with E-state index in [4.69, 9.17) is 9.84 Å². The van der Waals surface area contributed by atoms with E-state index in [2.05, 4.69) is 22.6 Å². The minimum Gasteiger partial charge on any atom is -0.478 e. The second kappa shape index (κ2) is 3.49. The monoisotopic (exact) mass is 288 g/mol. The molecule has 1 N–H and O–H groups in total. The van der Waals surface area contributed by atoms with Gasteiger partial charge in [-0.25, -0.2) is 4.79 Å². The molecule has 0 aromatic heterocycles. The molecule has 0 radical (unpaired) electrons. The lowest BCUT2D eigenvalue weighted by Gasteiger charge is -2.20. The van der Waals surface area contributed by atoms with Gasteiger partial charge in [0, 0.05) is 5.75 Å². The van der Waals surface area contributed by atoms with Gasteiger partial charge in [0.15, 0.2) is 0 Å². The van der Waals surface area contributed by atoms with Crippen molar-refractivity contribution in [1.82, 2.24) is 0 Å². The van der Waals surface area contributed by atoms with Crippen LogP contribution >= 0.6 is 34.4 Å². The number of ether oxygens (including phenoxy) is 1. The Morgan fingerprint density at radius 3 is 2.82 bits per heavy atom. The number of carboxylic acid groups (broad SMARTS) is 1. The van der Waals surface area contributed by atoms with E-state index in [0.29, 0.717) is 6.42 Å². The summed E-state index contributed by atoms with van der Waals surface area (Å²) in [4.78, 5) is 9.78. The molecule has 11 heavy (non-hydrogen) atoms. The number of carboxylic acids is 1. The maximum absolute atomic E-state index is 10.8. The largest absolute Gasteiger partial charge is 0.478 e. The normalized spacial score (nSPS) is 37.5. The number of aliphatic carboxylic acids is 1. The van der Waals surface area contributed by atoms with E-state index < -0.39 is 10.9 Å². The fourth-order valence-electron chi connectivity index (χ4n) is 0.924. The molecule has 0 saturated carbocycles. The predicted molar refractivity (Wildman–Crippen MR) is 52.0 cm³/mol. The Kier molecular flexibility index (Phi) is 3.04. The highest BCUT2D eigenvalue weighted by atomic mass is 127. The SMILES string of the molecule is CC[C@]1(C(=O)O)O[C@H](I)CS1. The van der Waals surface area contributed by atoms with Crippen molar-refractivity contribution in [3.8, 4) is 0 Å². The third kappa shape index (κ3) is 1.81. The Morgan fingerprint density at radius 1 is 2.00 bits per heavy atom. The van der Waals surface area contributed by atoms with Gasteiger partial charge in [0.25, 0.3) is 0 Å². The number of rotatable bonds is 2. The van der Waals surface area contributed by atoms with Crippen molar-refractivity contribution in [3.63, 3.8) is 0 Å². The van der Waals surface area contributed by atoms with Gasteiger partial charge in [0.05, 0.1) is 0 Å². The molecule has 0 bridgehead atoms. The number of alkyl halides is 1. The van der Waals surface area contributed by atoms with Gasteiger partial charge in [-0.3, -0.25) is 0 Å². The van der Waals surface area contributed by atoms with Crippen LogP contribution in [0.5, 0.6) is 0 Å². The highest BCUT2D eigenvalue weighted by Gasteiger charge is 2.45. The van der Waals surface area contributed by atoms with E-state index in [1.807, 2.05) is 6.92 Å². The zero-order valence-electron chi connectivity index (χ0n) is 6.04. The van der Waals surface area contributed by atoms with Crippen LogP contribution in [0.2, 0.25) is 0 Å². The number of carbonyl (C=O) groups is 1. The molecule has 64 valence electrons. The van der Waals surface area contributed by atoms with E-state index in [9.17, 15) is 4.79 Å². The fraction of sp³-hybridized carbons (Fsp3) is 0.833. The van der Waals surface area contributed by atoms with Gasteiger partial charge >= 0.3 is 5.97 Å². The van der Waals surface area contributed by atoms with Crippen molar-refractivity contribution in [2.75, 3.05) is 5.75 Å². The first-order chi connectivity index (χ1) is 5.10. The zero-order chi connectivity index (χ0) is 8.48. The number of halogens is 1. The maximum Gasteiger partial charge on any atom is 0.346 e. The summed E-state index contributed by atoms with van der Waals surface area (Å²) in [6, 6.07) is 0. The summed E-state index contributed by atoms with van der Waals surface area (Å²) >= 11 is 3.48. The van der Waals surface area contributed by atoms with E-state index in [0.717, 1.165) is 5.75 Å². The van der Waals surface area contributed by atoms with Crippen molar-refractivity contribution >= 4 is 40.3 Å². The van der Waals surface area contributed by atoms with Crippen LogP contribution in [-0.2, 0) is 9.53 Å². The second-order valence-electron chi connectivity index (χ2n) is 2.25. The average molecular weight is 288 g/mol. The molecule has 0 aromatic carbocycles.